The van der Waals surface area contributed by atoms with Crippen LogP contribution >= 0.6 is 11.6 Å². The van der Waals surface area contributed by atoms with Gasteiger partial charge in [-0.1, -0.05) is 11.6 Å². The molecule has 22 heavy (non-hydrogen) atoms. The Labute approximate surface area is 129 Å². The number of nitrogens with two attached hydrogens (primary N) is 1. The largest absolute Gasteiger partial charge is 0.416 e. The minimum atomic E-state index is -4.44. The molecule has 0 aliphatic carbocycles. The van der Waals surface area contributed by atoms with Crippen LogP contribution in [0.3, 0.4) is 0 Å². The van der Waals surface area contributed by atoms with Crippen LogP contribution in [-0.4, -0.2) is 4.57 Å². The van der Waals surface area contributed by atoms with Crippen LogP contribution < -0.4 is 5.73 Å². The molecule has 0 amide bonds. The maximum Gasteiger partial charge on any atom is 0.416 e. The lowest BCUT2D eigenvalue weighted by molar-refractivity contribution is -0.137. The molecule has 0 aliphatic rings. The summed E-state index contributed by atoms with van der Waals surface area (Å²) in [6.07, 6.45) is -4.44. The third kappa shape index (κ3) is 2.52. The second-order valence-electron chi connectivity index (χ2n) is 5.14. The summed E-state index contributed by atoms with van der Waals surface area (Å²) in [6.45, 7) is 1.82. The summed E-state index contributed by atoms with van der Waals surface area (Å²) in [7, 11) is 0. The van der Waals surface area contributed by atoms with E-state index in [1.54, 1.807) is 22.8 Å². The highest BCUT2D eigenvalue weighted by Gasteiger charge is 2.31. The standard InChI is InChI=1S/C16H12ClF3N2/c1-9-4-10-5-12(17)2-3-15(10)22(9)14-7-11(16(18,19)20)6-13(21)8-14/h2-8H,21H2,1H3. The smallest absolute Gasteiger partial charge is 0.399 e. The first kappa shape index (κ1) is 14.8. The summed E-state index contributed by atoms with van der Waals surface area (Å²) in [4.78, 5) is 0. The van der Waals surface area contributed by atoms with Gasteiger partial charge in [-0.15, -0.1) is 0 Å². The number of nitrogens with zero attached hydrogens (tertiary/aromatic N) is 1. The molecule has 0 atom stereocenters. The fraction of sp³-hybridized carbons (Fsp3) is 0.125. The van der Waals surface area contributed by atoms with E-state index >= 15 is 0 Å². The Bertz CT molecular complexity index is 866. The molecular weight excluding hydrogens is 313 g/mol. The molecule has 0 fully saturated rings. The van der Waals surface area contributed by atoms with Gasteiger partial charge < -0.3 is 10.3 Å². The minimum absolute atomic E-state index is 0.0695. The van der Waals surface area contributed by atoms with Crippen LogP contribution in [0.5, 0.6) is 0 Å². The number of fused-ring (bicyclic) bond motifs is 1. The normalized spacial score (nSPS) is 12.0. The van der Waals surface area contributed by atoms with Crippen molar-refractivity contribution in [1.82, 2.24) is 4.57 Å². The summed E-state index contributed by atoms with van der Waals surface area (Å²) in [6, 6.07) is 10.7. The monoisotopic (exact) mass is 324 g/mol. The van der Waals surface area contributed by atoms with Gasteiger partial charge in [-0.3, -0.25) is 0 Å². The van der Waals surface area contributed by atoms with Crippen molar-refractivity contribution in [2.75, 3.05) is 5.73 Å². The zero-order chi connectivity index (χ0) is 16.1. The van der Waals surface area contributed by atoms with Gasteiger partial charge in [0.1, 0.15) is 0 Å². The van der Waals surface area contributed by atoms with Crippen LogP contribution in [-0.2, 0) is 6.18 Å². The molecule has 114 valence electrons. The molecule has 0 saturated heterocycles. The van der Waals surface area contributed by atoms with Crippen molar-refractivity contribution in [1.29, 1.82) is 0 Å². The Kier molecular flexibility index (Phi) is 3.33. The lowest BCUT2D eigenvalue weighted by atomic mass is 10.1. The average Bonchev–Trinajstić information content (AvgIpc) is 2.71. The van der Waals surface area contributed by atoms with E-state index in [1.807, 2.05) is 13.0 Å². The molecule has 2 aromatic carbocycles. The van der Waals surface area contributed by atoms with Gasteiger partial charge in [-0.25, -0.2) is 0 Å². The van der Waals surface area contributed by atoms with Crippen molar-refractivity contribution in [3.63, 3.8) is 0 Å². The molecule has 0 bridgehead atoms. The number of alkyl halides is 3. The molecular formula is C16H12ClF3N2. The van der Waals surface area contributed by atoms with E-state index in [2.05, 4.69) is 0 Å². The SMILES string of the molecule is Cc1cc2cc(Cl)ccc2n1-c1cc(N)cc(C(F)(F)F)c1. The molecule has 1 heterocycles. The zero-order valence-electron chi connectivity index (χ0n) is 11.6. The number of hydrogen-bond donors (Lipinski definition) is 1. The van der Waals surface area contributed by atoms with Gasteiger partial charge in [0.2, 0.25) is 0 Å². The molecule has 0 radical (unpaired) electrons. The number of hydrogen-bond acceptors (Lipinski definition) is 1. The zero-order valence-corrected chi connectivity index (χ0v) is 12.3. The van der Waals surface area contributed by atoms with Crippen molar-refractivity contribution in [3.8, 4) is 5.69 Å². The molecule has 0 unspecified atom stereocenters. The maximum atomic E-state index is 13.0. The summed E-state index contributed by atoms with van der Waals surface area (Å²) < 4.78 is 40.7. The van der Waals surface area contributed by atoms with Crippen LogP contribution in [0.1, 0.15) is 11.3 Å². The van der Waals surface area contributed by atoms with Crippen LogP contribution in [0.15, 0.2) is 42.5 Å². The number of rotatable bonds is 1. The fourth-order valence-corrected chi connectivity index (χ4v) is 2.77. The van der Waals surface area contributed by atoms with Gasteiger partial charge in [0.25, 0.3) is 0 Å². The second kappa shape index (κ2) is 4.95. The first-order valence-electron chi connectivity index (χ1n) is 6.51. The highest BCUT2D eigenvalue weighted by atomic mass is 35.5. The number of aryl methyl sites for hydroxylation is 1. The Morgan fingerprint density at radius 3 is 2.45 bits per heavy atom. The Morgan fingerprint density at radius 2 is 1.77 bits per heavy atom. The quantitative estimate of drug-likeness (QED) is 0.613. The molecule has 3 aromatic rings. The first-order chi connectivity index (χ1) is 10.3. The third-order valence-corrected chi connectivity index (χ3v) is 3.71. The maximum absolute atomic E-state index is 13.0. The first-order valence-corrected chi connectivity index (χ1v) is 6.89. The Balaban J connectivity index is 2.28. The lowest BCUT2D eigenvalue weighted by Gasteiger charge is -2.13. The van der Waals surface area contributed by atoms with Crippen molar-refractivity contribution >= 4 is 28.2 Å². The lowest BCUT2D eigenvalue weighted by Crippen LogP contribution is -2.08. The van der Waals surface area contributed by atoms with Crippen LogP contribution in [0.25, 0.3) is 16.6 Å². The Hall–Kier alpha value is -2.14. The molecule has 0 aliphatic heterocycles. The average molecular weight is 325 g/mol. The highest BCUT2D eigenvalue weighted by Crippen LogP contribution is 2.34. The third-order valence-electron chi connectivity index (χ3n) is 3.47. The van der Waals surface area contributed by atoms with Gasteiger partial charge in [0, 0.05) is 27.5 Å². The number of anilines is 1. The minimum Gasteiger partial charge on any atom is -0.399 e. The van der Waals surface area contributed by atoms with Crippen LogP contribution in [0.4, 0.5) is 18.9 Å². The van der Waals surface area contributed by atoms with Gasteiger partial charge >= 0.3 is 6.18 Å². The van der Waals surface area contributed by atoms with Crippen molar-refractivity contribution < 1.29 is 13.2 Å². The van der Waals surface area contributed by atoms with E-state index in [1.165, 1.54) is 6.07 Å². The second-order valence-corrected chi connectivity index (χ2v) is 5.57. The molecule has 0 spiro atoms. The van der Waals surface area contributed by atoms with Crippen molar-refractivity contribution in [3.05, 3.63) is 58.7 Å². The fourth-order valence-electron chi connectivity index (χ4n) is 2.59. The Morgan fingerprint density at radius 1 is 1.05 bits per heavy atom. The summed E-state index contributed by atoms with van der Waals surface area (Å²) in [5.41, 5.74) is 6.91. The topological polar surface area (TPSA) is 30.9 Å². The molecule has 6 heteroatoms. The molecule has 1 aromatic heterocycles. The molecule has 3 rings (SSSR count). The predicted molar refractivity (Wildman–Crippen MR) is 82.4 cm³/mol. The summed E-state index contributed by atoms with van der Waals surface area (Å²) in [5, 5.41) is 1.44. The van der Waals surface area contributed by atoms with Crippen LogP contribution in [0.2, 0.25) is 5.02 Å². The van der Waals surface area contributed by atoms with Gasteiger partial charge in [-0.2, -0.15) is 13.2 Å². The van der Waals surface area contributed by atoms with E-state index in [0.717, 1.165) is 28.7 Å². The summed E-state index contributed by atoms with van der Waals surface area (Å²) in [5.74, 6) is 0. The van der Waals surface area contributed by atoms with E-state index < -0.39 is 11.7 Å². The molecule has 2 nitrogen and oxygen atoms in total. The van der Waals surface area contributed by atoms with Gasteiger partial charge in [-0.05, 0) is 49.4 Å². The van der Waals surface area contributed by atoms with Gasteiger partial charge in [0.05, 0.1) is 11.1 Å². The van der Waals surface area contributed by atoms with E-state index in [0.29, 0.717) is 10.7 Å². The van der Waals surface area contributed by atoms with Crippen molar-refractivity contribution in [2.24, 2.45) is 0 Å². The van der Waals surface area contributed by atoms with E-state index in [9.17, 15) is 13.2 Å². The molecule has 2 N–H and O–H groups in total. The van der Waals surface area contributed by atoms with E-state index in [4.69, 9.17) is 17.3 Å². The highest BCUT2D eigenvalue weighted by molar-refractivity contribution is 6.31. The predicted octanol–water partition coefficient (Wildman–Crippen LogP) is 5.19. The number of nitrogen functional groups attached to an aromatic ring is 1. The number of benzene rings is 2. The molecule has 0 saturated carbocycles. The van der Waals surface area contributed by atoms with Gasteiger partial charge in [0.15, 0.2) is 0 Å². The number of aromatic nitrogens is 1. The van der Waals surface area contributed by atoms with Crippen LogP contribution in [0, 0.1) is 6.92 Å². The number of halogens is 4. The summed E-state index contributed by atoms with van der Waals surface area (Å²) >= 11 is 5.96. The van der Waals surface area contributed by atoms with E-state index in [-0.39, 0.29) is 5.69 Å². The van der Waals surface area contributed by atoms with Crippen molar-refractivity contribution in [2.45, 2.75) is 13.1 Å².